The van der Waals surface area contributed by atoms with Crippen molar-refractivity contribution >= 4 is 27.6 Å². The van der Waals surface area contributed by atoms with Gasteiger partial charge in [-0.25, -0.2) is 8.42 Å². The van der Waals surface area contributed by atoms with E-state index in [9.17, 15) is 13.2 Å². The lowest BCUT2D eigenvalue weighted by Gasteiger charge is -2.13. The number of carboxylic acids is 1. The molecule has 0 saturated heterocycles. The highest BCUT2D eigenvalue weighted by molar-refractivity contribution is 7.89. The van der Waals surface area contributed by atoms with Gasteiger partial charge in [0.2, 0.25) is 10.0 Å². The van der Waals surface area contributed by atoms with Gasteiger partial charge in [0.05, 0.1) is 5.02 Å². The number of aliphatic carboxylic acids is 1. The van der Waals surface area contributed by atoms with Gasteiger partial charge in [-0.3, -0.25) is 4.79 Å². The fourth-order valence-electron chi connectivity index (χ4n) is 1.38. The molecule has 0 bridgehead atoms. The lowest BCUT2D eigenvalue weighted by molar-refractivity contribution is -0.139. The van der Waals surface area contributed by atoms with E-state index in [0.29, 0.717) is 0 Å². The topological polar surface area (TPSA) is 83.5 Å². The zero-order valence-corrected chi connectivity index (χ0v) is 11.5. The summed E-state index contributed by atoms with van der Waals surface area (Å²) in [6, 6.07) is 3.31. The number of nitrogens with one attached hydrogen (secondary N) is 1. The summed E-state index contributed by atoms with van der Waals surface area (Å²) in [6.07, 6.45) is 0.151. The lowest BCUT2D eigenvalue weighted by Crippen LogP contribution is -2.40. The van der Waals surface area contributed by atoms with Gasteiger partial charge >= 0.3 is 5.97 Å². The number of hydrogen-bond donors (Lipinski definition) is 2. The third-order valence-electron chi connectivity index (χ3n) is 2.38. The first kappa shape index (κ1) is 14.9. The molecule has 0 unspecified atom stereocenters. The highest BCUT2D eigenvalue weighted by Gasteiger charge is 2.25. The van der Waals surface area contributed by atoms with Crippen molar-refractivity contribution in [1.82, 2.24) is 4.72 Å². The van der Waals surface area contributed by atoms with Crippen molar-refractivity contribution in [3.8, 4) is 0 Å². The fraction of sp³-hybridized carbons (Fsp3) is 0.364. The van der Waals surface area contributed by atoms with Gasteiger partial charge in [-0.15, -0.1) is 0 Å². The molecule has 0 radical (unpaired) electrons. The molecule has 1 aromatic rings. The van der Waals surface area contributed by atoms with E-state index in [1.54, 1.807) is 19.9 Å². The SMILES string of the molecule is CC[C@@H](NS(=O)(=O)c1ccc(C)cc1Cl)C(=O)O. The van der Waals surface area contributed by atoms with Crippen LogP contribution >= 0.6 is 11.6 Å². The number of hydrogen-bond acceptors (Lipinski definition) is 3. The molecule has 1 atom stereocenters. The van der Waals surface area contributed by atoms with Crippen molar-refractivity contribution < 1.29 is 18.3 Å². The Bertz CT molecular complexity index is 556. The first-order valence-corrected chi connectivity index (χ1v) is 7.15. The van der Waals surface area contributed by atoms with Crippen LogP contribution in [-0.4, -0.2) is 25.5 Å². The molecule has 0 aliphatic heterocycles. The van der Waals surface area contributed by atoms with Crippen molar-refractivity contribution in [2.45, 2.75) is 31.2 Å². The molecule has 7 heteroatoms. The summed E-state index contributed by atoms with van der Waals surface area (Å²) in [7, 11) is -3.93. The first-order chi connectivity index (χ1) is 8.27. The monoisotopic (exact) mass is 291 g/mol. The van der Waals surface area contributed by atoms with Crippen LogP contribution in [-0.2, 0) is 14.8 Å². The Morgan fingerprint density at radius 3 is 2.56 bits per heavy atom. The van der Waals surface area contributed by atoms with Crippen LogP contribution in [0.4, 0.5) is 0 Å². The number of sulfonamides is 1. The second kappa shape index (κ2) is 5.69. The molecule has 2 N–H and O–H groups in total. The van der Waals surface area contributed by atoms with E-state index in [-0.39, 0.29) is 16.3 Å². The molecule has 0 aliphatic rings. The number of carboxylic acid groups (broad SMARTS) is 1. The maximum Gasteiger partial charge on any atom is 0.321 e. The third kappa shape index (κ3) is 3.44. The largest absolute Gasteiger partial charge is 0.480 e. The molecule has 0 saturated carbocycles. The fourth-order valence-corrected chi connectivity index (χ4v) is 3.25. The number of aryl methyl sites for hydroxylation is 1. The van der Waals surface area contributed by atoms with Crippen molar-refractivity contribution in [1.29, 1.82) is 0 Å². The van der Waals surface area contributed by atoms with Gasteiger partial charge in [0.25, 0.3) is 0 Å². The van der Waals surface area contributed by atoms with Crippen molar-refractivity contribution in [3.05, 3.63) is 28.8 Å². The van der Waals surface area contributed by atoms with Gasteiger partial charge in [-0.1, -0.05) is 24.6 Å². The summed E-state index contributed by atoms with van der Waals surface area (Å²) in [5.74, 6) is -1.22. The summed E-state index contributed by atoms with van der Waals surface area (Å²) in [6.45, 7) is 3.36. The average molecular weight is 292 g/mol. The normalized spacial score (nSPS) is 13.3. The molecular formula is C11H14ClNO4S. The van der Waals surface area contributed by atoms with E-state index in [1.165, 1.54) is 12.1 Å². The van der Waals surface area contributed by atoms with Gasteiger partial charge in [0, 0.05) is 0 Å². The highest BCUT2D eigenvalue weighted by atomic mass is 35.5. The number of rotatable bonds is 5. The molecule has 0 heterocycles. The molecular weight excluding hydrogens is 278 g/mol. The quantitative estimate of drug-likeness (QED) is 0.866. The van der Waals surface area contributed by atoms with E-state index >= 15 is 0 Å². The number of benzene rings is 1. The molecule has 0 aliphatic carbocycles. The zero-order chi connectivity index (χ0) is 13.9. The van der Waals surface area contributed by atoms with Gasteiger partial charge in [0.15, 0.2) is 0 Å². The predicted molar refractivity (Wildman–Crippen MR) is 68.2 cm³/mol. The van der Waals surface area contributed by atoms with Crippen LogP contribution in [0.2, 0.25) is 5.02 Å². The minimum atomic E-state index is -3.93. The lowest BCUT2D eigenvalue weighted by atomic mass is 10.2. The van der Waals surface area contributed by atoms with Crippen LogP contribution in [0.1, 0.15) is 18.9 Å². The Morgan fingerprint density at radius 2 is 2.11 bits per heavy atom. The number of carbonyl (C=O) groups is 1. The van der Waals surface area contributed by atoms with Gasteiger partial charge < -0.3 is 5.11 Å². The number of halogens is 1. The highest BCUT2D eigenvalue weighted by Crippen LogP contribution is 2.22. The molecule has 0 spiro atoms. The maximum atomic E-state index is 12.0. The van der Waals surface area contributed by atoms with Gasteiger partial charge in [-0.05, 0) is 31.0 Å². The summed E-state index contributed by atoms with van der Waals surface area (Å²) < 4.78 is 26.1. The first-order valence-electron chi connectivity index (χ1n) is 5.29. The predicted octanol–water partition coefficient (Wildman–Crippen LogP) is 1.79. The molecule has 18 heavy (non-hydrogen) atoms. The Hall–Kier alpha value is -1.11. The summed E-state index contributed by atoms with van der Waals surface area (Å²) >= 11 is 5.85. The zero-order valence-electron chi connectivity index (χ0n) is 9.97. The van der Waals surface area contributed by atoms with Gasteiger partial charge in [0.1, 0.15) is 10.9 Å². The van der Waals surface area contributed by atoms with Gasteiger partial charge in [-0.2, -0.15) is 4.72 Å². The van der Waals surface area contributed by atoms with E-state index in [0.717, 1.165) is 5.56 Å². The minimum absolute atomic E-state index is 0.0720. The molecule has 1 rings (SSSR count). The standard InChI is InChI=1S/C11H14ClNO4S/c1-3-9(11(14)15)13-18(16,17)10-5-4-7(2)6-8(10)12/h4-6,9,13H,3H2,1-2H3,(H,14,15)/t9-/m1/s1. The second-order valence-electron chi connectivity index (χ2n) is 3.85. The Balaban J connectivity index is 3.10. The smallest absolute Gasteiger partial charge is 0.321 e. The summed E-state index contributed by atoms with van der Waals surface area (Å²) in [5, 5.41) is 8.91. The van der Waals surface area contributed by atoms with Crippen LogP contribution < -0.4 is 4.72 Å². The molecule has 5 nitrogen and oxygen atoms in total. The molecule has 0 aromatic heterocycles. The summed E-state index contributed by atoms with van der Waals surface area (Å²) in [4.78, 5) is 10.7. The van der Waals surface area contributed by atoms with Crippen LogP contribution in [0.5, 0.6) is 0 Å². The average Bonchev–Trinajstić information content (AvgIpc) is 2.24. The van der Waals surface area contributed by atoms with Crippen LogP contribution in [0.15, 0.2) is 23.1 Å². The Morgan fingerprint density at radius 1 is 1.50 bits per heavy atom. The van der Waals surface area contributed by atoms with Crippen molar-refractivity contribution in [2.24, 2.45) is 0 Å². The minimum Gasteiger partial charge on any atom is -0.480 e. The van der Waals surface area contributed by atoms with E-state index in [1.807, 2.05) is 0 Å². The Kier molecular flexibility index (Phi) is 4.72. The molecule has 100 valence electrons. The van der Waals surface area contributed by atoms with E-state index < -0.39 is 22.0 Å². The van der Waals surface area contributed by atoms with Crippen LogP contribution in [0, 0.1) is 6.92 Å². The van der Waals surface area contributed by atoms with Crippen molar-refractivity contribution in [2.75, 3.05) is 0 Å². The van der Waals surface area contributed by atoms with Crippen LogP contribution in [0.25, 0.3) is 0 Å². The van der Waals surface area contributed by atoms with E-state index in [2.05, 4.69) is 4.72 Å². The van der Waals surface area contributed by atoms with E-state index in [4.69, 9.17) is 16.7 Å². The second-order valence-corrected chi connectivity index (χ2v) is 5.94. The Labute approximate surface area is 111 Å². The maximum absolute atomic E-state index is 12.0. The van der Waals surface area contributed by atoms with Crippen molar-refractivity contribution in [3.63, 3.8) is 0 Å². The third-order valence-corrected chi connectivity index (χ3v) is 4.34. The molecule has 1 aromatic carbocycles. The molecule has 0 amide bonds. The molecule has 0 fully saturated rings. The van der Waals surface area contributed by atoms with Crippen LogP contribution in [0.3, 0.4) is 0 Å². The summed E-state index contributed by atoms with van der Waals surface area (Å²) in [5.41, 5.74) is 0.823.